The van der Waals surface area contributed by atoms with E-state index in [2.05, 4.69) is 53.4 Å². The minimum atomic E-state index is 0.478. The van der Waals surface area contributed by atoms with E-state index in [1.807, 2.05) is 0 Å². The highest BCUT2D eigenvalue weighted by Gasteiger charge is 2.20. The van der Waals surface area contributed by atoms with Crippen molar-refractivity contribution in [3.63, 3.8) is 0 Å². The molecule has 1 aliphatic heterocycles. The van der Waals surface area contributed by atoms with E-state index in [-0.39, 0.29) is 0 Å². The van der Waals surface area contributed by atoms with Crippen LogP contribution in [0.2, 0.25) is 0 Å². The Morgan fingerprint density at radius 1 is 1.22 bits per heavy atom. The molecule has 2 aromatic rings. The molecule has 2 heterocycles. The van der Waals surface area contributed by atoms with Crippen molar-refractivity contribution in [2.75, 3.05) is 26.7 Å². The van der Waals surface area contributed by atoms with Crippen LogP contribution in [0.1, 0.15) is 23.7 Å². The summed E-state index contributed by atoms with van der Waals surface area (Å²) in [7, 11) is 2.20. The summed E-state index contributed by atoms with van der Waals surface area (Å²) in [5.74, 6) is 0. The third-order valence-corrected chi connectivity index (χ3v) is 3.98. The number of para-hydroxylation sites is 1. The number of aromatic nitrogens is 1. The lowest BCUT2D eigenvalue weighted by molar-refractivity contribution is 0.355. The van der Waals surface area contributed by atoms with Gasteiger partial charge in [-0.25, -0.2) is 0 Å². The van der Waals surface area contributed by atoms with Crippen molar-refractivity contribution < 1.29 is 0 Å². The van der Waals surface area contributed by atoms with Gasteiger partial charge in [0.05, 0.1) is 0 Å². The predicted molar refractivity (Wildman–Crippen MR) is 75.9 cm³/mol. The van der Waals surface area contributed by atoms with Crippen molar-refractivity contribution in [1.29, 1.82) is 0 Å². The van der Waals surface area contributed by atoms with Crippen LogP contribution in [0.25, 0.3) is 10.9 Å². The van der Waals surface area contributed by atoms with E-state index in [9.17, 15) is 0 Å². The Bertz CT molecular complexity index is 544. The molecule has 0 spiro atoms. The number of fused-ring (bicyclic) bond motifs is 1. The number of hydrogen-bond donors (Lipinski definition) is 2. The molecule has 0 radical (unpaired) electrons. The van der Waals surface area contributed by atoms with E-state index < -0.39 is 0 Å². The van der Waals surface area contributed by atoms with Crippen LogP contribution in [0.4, 0.5) is 0 Å². The highest BCUT2D eigenvalue weighted by Crippen LogP contribution is 2.30. The van der Waals surface area contributed by atoms with Gasteiger partial charge >= 0.3 is 0 Å². The molecule has 0 bridgehead atoms. The minimum absolute atomic E-state index is 0.478. The van der Waals surface area contributed by atoms with Crippen molar-refractivity contribution in [3.05, 3.63) is 35.5 Å². The average Bonchev–Trinajstić information content (AvgIpc) is 2.54. The fourth-order valence-electron chi connectivity index (χ4n) is 2.99. The van der Waals surface area contributed by atoms with Gasteiger partial charge in [-0.05, 0) is 38.6 Å². The molecular weight excluding hydrogens is 222 g/mol. The molecule has 1 unspecified atom stereocenters. The van der Waals surface area contributed by atoms with Crippen LogP contribution >= 0.6 is 0 Å². The van der Waals surface area contributed by atoms with Crippen LogP contribution < -0.4 is 5.32 Å². The van der Waals surface area contributed by atoms with Crippen molar-refractivity contribution in [2.24, 2.45) is 0 Å². The molecular formula is C15H21N3. The number of H-pyrrole nitrogens is 1. The van der Waals surface area contributed by atoms with Gasteiger partial charge < -0.3 is 15.2 Å². The normalized spacial score (nSPS) is 22.2. The molecule has 0 amide bonds. The maximum absolute atomic E-state index is 3.69. The Balaban J connectivity index is 2.00. The lowest BCUT2D eigenvalue weighted by Gasteiger charge is -2.16. The molecule has 96 valence electrons. The molecule has 1 aromatic heterocycles. The maximum atomic E-state index is 3.69. The zero-order valence-electron chi connectivity index (χ0n) is 11.2. The largest absolute Gasteiger partial charge is 0.358 e. The van der Waals surface area contributed by atoms with Crippen LogP contribution in [0.3, 0.4) is 0 Å². The first-order valence-electron chi connectivity index (χ1n) is 6.75. The van der Waals surface area contributed by atoms with E-state index >= 15 is 0 Å². The molecule has 1 atom stereocenters. The molecule has 1 aromatic carbocycles. The zero-order valence-corrected chi connectivity index (χ0v) is 11.2. The highest BCUT2D eigenvalue weighted by atomic mass is 15.1. The van der Waals surface area contributed by atoms with Gasteiger partial charge in [-0.2, -0.15) is 0 Å². The van der Waals surface area contributed by atoms with Crippen LogP contribution in [0.5, 0.6) is 0 Å². The molecule has 1 saturated heterocycles. The molecule has 1 aliphatic rings. The van der Waals surface area contributed by atoms with Crippen molar-refractivity contribution in [1.82, 2.24) is 15.2 Å². The molecule has 3 nitrogen and oxygen atoms in total. The number of likely N-dealkylation sites (N-methyl/N-ethyl adjacent to an activating group) is 1. The summed E-state index contributed by atoms with van der Waals surface area (Å²) < 4.78 is 0. The monoisotopic (exact) mass is 243 g/mol. The molecule has 3 heteroatoms. The van der Waals surface area contributed by atoms with E-state index in [1.165, 1.54) is 28.6 Å². The standard InChI is InChI=1S/C15H21N3/c1-11-15(12-5-3-4-6-13(12)17-11)14-7-9-18(2)10-8-16-14/h3-6,14,16-17H,7-10H2,1-2H3. The third-order valence-electron chi connectivity index (χ3n) is 3.98. The summed E-state index contributed by atoms with van der Waals surface area (Å²) in [6, 6.07) is 9.09. The van der Waals surface area contributed by atoms with Crippen LogP contribution in [0.15, 0.2) is 24.3 Å². The van der Waals surface area contributed by atoms with Crippen molar-refractivity contribution >= 4 is 10.9 Å². The number of aromatic amines is 1. The van der Waals surface area contributed by atoms with Gasteiger partial charge in [-0.3, -0.25) is 0 Å². The number of hydrogen-bond acceptors (Lipinski definition) is 2. The summed E-state index contributed by atoms with van der Waals surface area (Å²) in [6.45, 7) is 5.56. The topological polar surface area (TPSA) is 31.1 Å². The smallest absolute Gasteiger partial charge is 0.0459 e. The van der Waals surface area contributed by atoms with E-state index in [1.54, 1.807) is 0 Å². The Labute approximate surface area is 108 Å². The van der Waals surface area contributed by atoms with Gasteiger partial charge in [0.25, 0.3) is 0 Å². The van der Waals surface area contributed by atoms with Gasteiger partial charge in [0.1, 0.15) is 0 Å². The van der Waals surface area contributed by atoms with Crippen molar-refractivity contribution in [3.8, 4) is 0 Å². The molecule has 0 saturated carbocycles. The highest BCUT2D eigenvalue weighted by molar-refractivity contribution is 5.85. The lowest BCUT2D eigenvalue weighted by atomic mass is 10.0. The first-order valence-corrected chi connectivity index (χ1v) is 6.75. The fraction of sp³-hybridized carbons (Fsp3) is 0.467. The fourth-order valence-corrected chi connectivity index (χ4v) is 2.99. The van der Waals surface area contributed by atoms with Gasteiger partial charge in [-0.15, -0.1) is 0 Å². The predicted octanol–water partition coefficient (Wildman–Crippen LogP) is 2.44. The number of nitrogens with one attached hydrogen (secondary N) is 2. The maximum Gasteiger partial charge on any atom is 0.0459 e. The number of benzene rings is 1. The first-order chi connectivity index (χ1) is 8.75. The first kappa shape index (κ1) is 11.8. The summed E-state index contributed by atoms with van der Waals surface area (Å²) in [4.78, 5) is 5.90. The van der Waals surface area contributed by atoms with E-state index in [0.29, 0.717) is 6.04 Å². The Morgan fingerprint density at radius 2 is 2.06 bits per heavy atom. The molecule has 18 heavy (non-hydrogen) atoms. The second kappa shape index (κ2) is 4.75. The summed E-state index contributed by atoms with van der Waals surface area (Å²) in [6.07, 6.45) is 1.18. The second-order valence-corrected chi connectivity index (χ2v) is 5.31. The van der Waals surface area contributed by atoms with Crippen LogP contribution in [0, 0.1) is 6.92 Å². The molecule has 0 aliphatic carbocycles. The SMILES string of the molecule is Cc1[nH]c2ccccc2c1C1CCN(C)CCN1. The summed E-state index contributed by atoms with van der Waals surface area (Å²) in [5, 5.41) is 5.06. The van der Waals surface area contributed by atoms with Gasteiger partial charge in [0.2, 0.25) is 0 Å². The summed E-state index contributed by atoms with van der Waals surface area (Å²) in [5.41, 5.74) is 4.02. The second-order valence-electron chi connectivity index (χ2n) is 5.31. The van der Waals surface area contributed by atoms with E-state index in [0.717, 1.165) is 19.6 Å². The third kappa shape index (κ3) is 2.04. The quantitative estimate of drug-likeness (QED) is 0.806. The zero-order chi connectivity index (χ0) is 12.5. The molecule has 2 N–H and O–H groups in total. The average molecular weight is 243 g/mol. The molecule has 3 rings (SSSR count). The lowest BCUT2D eigenvalue weighted by Crippen LogP contribution is -2.25. The molecule has 1 fully saturated rings. The Morgan fingerprint density at radius 3 is 2.94 bits per heavy atom. The van der Waals surface area contributed by atoms with Gasteiger partial charge in [-0.1, -0.05) is 18.2 Å². The van der Waals surface area contributed by atoms with Crippen LogP contribution in [-0.4, -0.2) is 36.6 Å². The number of aryl methyl sites for hydroxylation is 1. The van der Waals surface area contributed by atoms with Crippen LogP contribution in [-0.2, 0) is 0 Å². The van der Waals surface area contributed by atoms with Gasteiger partial charge in [0.15, 0.2) is 0 Å². The number of rotatable bonds is 1. The van der Waals surface area contributed by atoms with E-state index in [4.69, 9.17) is 0 Å². The Kier molecular flexibility index (Phi) is 3.10. The Hall–Kier alpha value is -1.32. The minimum Gasteiger partial charge on any atom is -0.358 e. The number of nitrogens with zero attached hydrogens (tertiary/aromatic N) is 1. The van der Waals surface area contributed by atoms with Gasteiger partial charge in [0, 0.05) is 35.7 Å². The summed E-state index contributed by atoms with van der Waals surface area (Å²) >= 11 is 0. The van der Waals surface area contributed by atoms with Crippen molar-refractivity contribution in [2.45, 2.75) is 19.4 Å².